The Bertz CT molecular complexity index is 332. The Morgan fingerprint density at radius 2 is 1.86 bits per heavy atom. The van der Waals surface area contributed by atoms with E-state index >= 15 is 0 Å². The second kappa shape index (κ2) is 4.04. The molecule has 1 fully saturated rings. The Morgan fingerprint density at radius 1 is 1.29 bits per heavy atom. The molecular formula is C9H10BrN3O. The van der Waals surface area contributed by atoms with Crippen LogP contribution < -0.4 is 0 Å². The number of aromatic nitrogens is 2. The van der Waals surface area contributed by atoms with Crippen molar-refractivity contribution in [3.63, 3.8) is 0 Å². The van der Waals surface area contributed by atoms with Crippen LogP contribution in [0.5, 0.6) is 0 Å². The van der Waals surface area contributed by atoms with Crippen molar-refractivity contribution in [1.82, 2.24) is 14.9 Å². The molecule has 5 heteroatoms. The fourth-order valence-corrected chi connectivity index (χ4v) is 1.69. The lowest BCUT2D eigenvalue weighted by Gasteiger charge is -2.13. The van der Waals surface area contributed by atoms with Crippen LogP contribution in [0.1, 0.15) is 23.5 Å². The summed E-state index contributed by atoms with van der Waals surface area (Å²) >= 11 is 3.23. The van der Waals surface area contributed by atoms with Crippen molar-refractivity contribution < 1.29 is 4.79 Å². The third-order valence-corrected chi connectivity index (χ3v) is 2.61. The lowest BCUT2D eigenvalue weighted by Crippen LogP contribution is -2.29. The van der Waals surface area contributed by atoms with Gasteiger partial charge in [-0.2, -0.15) is 0 Å². The van der Waals surface area contributed by atoms with Crippen molar-refractivity contribution in [3.05, 3.63) is 22.7 Å². The summed E-state index contributed by atoms with van der Waals surface area (Å²) in [4.78, 5) is 21.5. The van der Waals surface area contributed by atoms with Crippen molar-refractivity contribution in [1.29, 1.82) is 0 Å². The van der Waals surface area contributed by atoms with Crippen molar-refractivity contribution in [2.75, 3.05) is 13.1 Å². The van der Waals surface area contributed by atoms with Crippen LogP contribution in [0.25, 0.3) is 0 Å². The first-order chi connectivity index (χ1) is 6.77. The number of likely N-dealkylation sites (tertiary alicyclic amines) is 1. The minimum Gasteiger partial charge on any atom is -0.336 e. The Morgan fingerprint density at radius 3 is 2.43 bits per heavy atom. The van der Waals surface area contributed by atoms with Crippen LogP contribution in [0.4, 0.5) is 0 Å². The van der Waals surface area contributed by atoms with E-state index in [0.717, 1.165) is 30.4 Å². The van der Waals surface area contributed by atoms with Gasteiger partial charge in [0.2, 0.25) is 5.82 Å². The SMILES string of the molecule is O=C(c1ncc(Br)cn1)N1CCCC1. The second-order valence-corrected chi connectivity index (χ2v) is 4.14. The van der Waals surface area contributed by atoms with Crippen LogP contribution in [0.3, 0.4) is 0 Å². The molecule has 1 aromatic heterocycles. The summed E-state index contributed by atoms with van der Waals surface area (Å²) < 4.78 is 0.787. The topological polar surface area (TPSA) is 46.1 Å². The average Bonchev–Trinajstić information content (AvgIpc) is 2.71. The van der Waals surface area contributed by atoms with E-state index in [0.29, 0.717) is 0 Å². The van der Waals surface area contributed by atoms with Gasteiger partial charge in [-0.15, -0.1) is 0 Å². The molecule has 1 aliphatic rings. The van der Waals surface area contributed by atoms with E-state index in [2.05, 4.69) is 25.9 Å². The summed E-state index contributed by atoms with van der Waals surface area (Å²) in [6.45, 7) is 1.66. The van der Waals surface area contributed by atoms with E-state index < -0.39 is 0 Å². The number of amides is 1. The molecule has 14 heavy (non-hydrogen) atoms. The van der Waals surface area contributed by atoms with Crippen LogP contribution in [-0.2, 0) is 0 Å². The zero-order chi connectivity index (χ0) is 9.97. The smallest absolute Gasteiger partial charge is 0.291 e. The molecule has 1 amide bonds. The molecule has 0 bridgehead atoms. The van der Waals surface area contributed by atoms with Gasteiger partial charge in [0.1, 0.15) is 0 Å². The fourth-order valence-electron chi connectivity index (χ4n) is 1.48. The highest BCUT2D eigenvalue weighted by atomic mass is 79.9. The highest BCUT2D eigenvalue weighted by molar-refractivity contribution is 9.10. The van der Waals surface area contributed by atoms with Crippen molar-refractivity contribution in [2.45, 2.75) is 12.8 Å². The molecule has 2 heterocycles. The Balaban J connectivity index is 2.14. The van der Waals surface area contributed by atoms with Gasteiger partial charge in [0.15, 0.2) is 0 Å². The molecule has 0 atom stereocenters. The second-order valence-electron chi connectivity index (χ2n) is 3.22. The molecule has 2 rings (SSSR count). The lowest BCUT2D eigenvalue weighted by molar-refractivity contribution is 0.0780. The number of hydrogen-bond donors (Lipinski definition) is 0. The largest absolute Gasteiger partial charge is 0.336 e. The van der Waals surface area contributed by atoms with Gasteiger partial charge in [0.05, 0.1) is 4.47 Å². The molecule has 1 aliphatic heterocycles. The van der Waals surface area contributed by atoms with Crippen LogP contribution in [0.15, 0.2) is 16.9 Å². The van der Waals surface area contributed by atoms with Crippen LogP contribution in [-0.4, -0.2) is 33.9 Å². The highest BCUT2D eigenvalue weighted by Gasteiger charge is 2.21. The zero-order valence-electron chi connectivity index (χ0n) is 7.61. The van der Waals surface area contributed by atoms with Gasteiger partial charge >= 0.3 is 0 Å². The minimum atomic E-state index is -0.0602. The molecule has 1 saturated heterocycles. The third kappa shape index (κ3) is 1.92. The van der Waals surface area contributed by atoms with Crippen molar-refractivity contribution in [3.8, 4) is 0 Å². The van der Waals surface area contributed by atoms with E-state index in [4.69, 9.17) is 0 Å². The van der Waals surface area contributed by atoms with Gasteiger partial charge in [-0.05, 0) is 28.8 Å². The Labute approximate surface area is 90.5 Å². The molecular weight excluding hydrogens is 246 g/mol. The van der Waals surface area contributed by atoms with Gasteiger partial charge in [-0.25, -0.2) is 9.97 Å². The summed E-state index contributed by atoms with van der Waals surface area (Å²) in [7, 11) is 0. The summed E-state index contributed by atoms with van der Waals surface area (Å²) in [5, 5.41) is 0. The predicted molar refractivity (Wildman–Crippen MR) is 54.9 cm³/mol. The first kappa shape index (κ1) is 9.58. The molecule has 74 valence electrons. The number of nitrogens with zero attached hydrogens (tertiary/aromatic N) is 3. The maximum absolute atomic E-state index is 11.7. The summed E-state index contributed by atoms with van der Waals surface area (Å²) in [6.07, 6.45) is 5.36. The number of halogens is 1. The van der Waals surface area contributed by atoms with Gasteiger partial charge < -0.3 is 4.90 Å². The Hall–Kier alpha value is -0.970. The van der Waals surface area contributed by atoms with Crippen LogP contribution in [0, 0.1) is 0 Å². The average molecular weight is 256 g/mol. The molecule has 0 spiro atoms. The van der Waals surface area contributed by atoms with Crippen LogP contribution >= 0.6 is 15.9 Å². The first-order valence-corrected chi connectivity index (χ1v) is 5.33. The van der Waals surface area contributed by atoms with Crippen molar-refractivity contribution in [2.24, 2.45) is 0 Å². The zero-order valence-corrected chi connectivity index (χ0v) is 9.20. The Kier molecular flexibility index (Phi) is 2.77. The summed E-state index contributed by atoms with van der Waals surface area (Å²) in [5.41, 5.74) is 0. The number of hydrogen-bond acceptors (Lipinski definition) is 3. The van der Waals surface area contributed by atoms with Gasteiger partial charge in [-0.1, -0.05) is 0 Å². The van der Waals surface area contributed by atoms with Gasteiger partial charge in [-0.3, -0.25) is 4.79 Å². The molecule has 0 aliphatic carbocycles. The predicted octanol–water partition coefficient (Wildman–Crippen LogP) is 1.48. The van der Waals surface area contributed by atoms with Gasteiger partial charge in [0, 0.05) is 25.5 Å². The molecule has 0 N–H and O–H groups in total. The molecule has 0 aromatic carbocycles. The molecule has 0 unspecified atom stereocenters. The van der Waals surface area contributed by atoms with E-state index in [1.807, 2.05) is 0 Å². The van der Waals surface area contributed by atoms with E-state index in [1.165, 1.54) is 0 Å². The van der Waals surface area contributed by atoms with Crippen LogP contribution in [0.2, 0.25) is 0 Å². The third-order valence-electron chi connectivity index (χ3n) is 2.20. The standard InChI is InChI=1S/C9H10BrN3O/c10-7-5-11-8(12-6-7)9(14)13-3-1-2-4-13/h5-6H,1-4H2. The molecule has 0 saturated carbocycles. The molecule has 1 aromatic rings. The number of rotatable bonds is 1. The van der Waals surface area contributed by atoms with E-state index in [-0.39, 0.29) is 11.7 Å². The van der Waals surface area contributed by atoms with E-state index in [9.17, 15) is 4.79 Å². The summed E-state index contributed by atoms with van der Waals surface area (Å²) in [6, 6.07) is 0. The fraction of sp³-hybridized carbons (Fsp3) is 0.444. The monoisotopic (exact) mass is 255 g/mol. The normalized spacial score (nSPS) is 15.9. The highest BCUT2D eigenvalue weighted by Crippen LogP contribution is 2.11. The quantitative estimate of drug-likeness (QED) is 0.764. The van der Waals surface area contributed by atoms with Crippen molar-refractivity contribution >= 4 is 21.8 Å². The lowest BCUT2D eigenvalue weighted by atomic mass is 10.4. The van der Waals surface area contributed by atoms with E-state index in [1.54, 1.807) is 17.3 Å². The number of carbonyl (C=O) groups excluding carboxylic acids is 1. The maximum atomic E-state index is 11.7. The van der Waals surface area contributed by atoms with Gasteiger partial charge in [0.25, 0.3) is 5.91 Å². The maximum Gasteiger partial charge on any atom is 0.291 e. The molecule has 0 radical (unpaired) electrons. The first-order valence-electron chi connectivity index (χ1n) is 4.54. The number of carbonyl (C=O) groups is 1. The summed E-state index contributed by atoms with van der Waals surface area (Å²) in [5.74, 6) is 0.227. The molecule has 4 nitrogen and oxygen atoms in total. The minimum absolute atomic E-state index is 0.0602.